The first kappa shape index (κ1) is 13.1. The summed E-state index contributed by atoms with van der Waals surface area (Å²) >= 11 is 0. The van der Waals surface area contributed by atoms with Gasteiger partial charge in [-0.2, -0.15) is 0 Å². The molecule has 1 aliphatic rings. The molecule has 18 heavy (non-hydrogen) atoms. The number of nitrogens with one attached hydrogen (secondary N) is 1. The number of amides is 1. The highest BCUT2D eigenvalue weighted by Gasteiger charge is 2.27. The topological polar surface area (TPSA) is 32.3 Å². The SMILES string of the molecule is Cc1cc(C)cc(C(=O)N2CC(C)NCC2C)c1. The van der Waals surface area contributed by atoms with Crippen LogP contribution in [0.2, 0.25) is 0 Å². The van der Waals surface area contributed by atoms with Crippen molar-refractivity contribution in [1.29, 1.82) is 0 Å². The van der Waals surface area contributed by atoms with Gasteiger partial charge in [-0.25, -0.2) is 0 Å². The molecule has 0 radical (unpaired) electrons. The predicted molar refractivity (Wildman–Crippen MR) is 73.9 cm³/mol. The molecule has 2 rings (SSSR count). The molecule has 1 aliphatic heterocycles. The number of benzene rings is 1. The van der Waals surface area contributed by atoms with E-state index in [1.807, 2.05) is 30.9 Å². The Hall–Kier alpha value is -1.35. The van der Waals surface area contributed by atoms with Crippen LogP contribution in [0.1, 0.15) is 35.3 Å². The van der Waals surface area contributed by atoms with Crippen molar-refractivity contribution in [2.45, 2.75) is 39.8 Å². The number of rotatable bonds is 1. The lowest BCUT2D eigenvalue weighted by molar-refractivity contribution is 0.0616. The second kappa shape index (κ2) is 5.11. The zero-order valence-corrected chi connectivity index (χ0v) is 11.7. The Kier molecular flexibility index (Phi) is 3.71. The average molecular weight is 246 g/mol. The highest BCUT2D eigenvalue weighted by molar-refractivity contribution is 5.95. The van der Waals surface area contributed by atoms with Crippen molar-refractivity contribution >= 4 is 5.91 Å². The molecule has 1 saturated heterocycles. The molecule has 98 valence electrons. The Morgan fingerprint density at radius 3 is 2.44 bits per heavy atom. The molecule has 3 heteroatoms. The second-order valence-corrected chi connectivity index (χ2v) is 5.49. The summed E-state index contributed by atoms with van der Waals surface area (Å²) in [7, 11) is 0. The Morgan fingerprint density at radius 2 is 1.83 bits per heavy atom. The van der Waals surface area contributed by atoms with Gasteiger partial charge in [-0.1, -0.05) is 17.2 Å². The number of hydrogen-bond donors (Lipinski definition) is 1. The quantitative estimate of drug-likeness (QED) is 0.823. The first-order chi connectivity index (χ1) is 8.47. The van der Waals surface area contributed by atoms with Crippen LogP contribution in [0, 0.1) is 13.8 Å². The van der Waals surface area contributed by atoms with E-state index in [2.05, 4.69) is 25.2 Å². The summed E-state index contributed by atoms with van der Waals surface area (Å²) in [5.41, 5.74) is 3.11. The van der Waals surface area contributed by atoms with E-state index < -0.39 is 0 Å². The lowest BCUT2D eigenvalue weighted by Crippen LogP contribution is -2.56. The third-order valence-corrected chi connectivity index (χ3v) is 3.49. The lowest BCUT2D eigenvalue weighted by Gasteiger charge is -2.37. The minimum Gasteiger partial charge on any atom is -0.333 e. The minimum absolute atomic E-state index is 0.155. The van der Waals surface area contributed by atoms with E-state index in [9.17, 15) is 4.79 Å². The van der Waals surface area contributed by atoms with E-state index in [4.69, 9.17) is 0 Å². The Bertz CT molecular complexity index is 436. The van der Waals surface area contributed by atoms with E-state index in [-0.39, 0.29) is 11.9 Å². The van der Waals surface area contributed by atoms with Crippen molar-refractivity contribution in [1.82, 2.24) is 10.2 Å². The fraction of sp³-hybridized carbons (Fsp3) is 0.533. The maximum Gasteiger partial charge on any atom is 0.254 e. The van der Waals surface area contributed by atoms with Crippen molar-refractivity contribution in [3.05, 3.63) is 34.9 Å². The third kappa shape index (κ3) is 2.72. The normalized spacial score (nSPS) is 24.1. The van der Waals surface area contributed by atoms with Crippen LogP contribution < -0.4 is 5.32 Å². The van der Waals surface area contributed by atoms with Crippen LogP contribution in [0.15, 0.2) is 18.2 Å². The van der Waals surface area contributed by atoms with Crippen LogP contribution in [0.25, 0.3) is 0 Å². The molecule has 2 unspecified atom stereocenters. The fourth-order valence-corrected chi connectivity index (χ4v) is 2.57. The van der Waals surface area contributed by atoms with Crippen LogP contribution >= 0.6 is 0 Å². The van der Waals surface area contributed by atoms with Gasteiger partial charge in [0.2, 0.25) is 0 Å². The lowest BCUT2D eigenvalue weighted by atomic mass is 10.0. The molecule has 1 aromatic rings. The maximum atomic E-state index is 12.6. The van der Waals surface area contributed by atoms with Crippen LogP contribution in [-0.2, 0) is 0 Å². The van der Waals surface area contributed by atoms with Gasteiger partial charge in [0.05, 0.1) is 0 Å². The van der Waals surface area contributed by atoms with Gasteiger partial charge in [-0.05, 0) is 39.8 Å². The van der Waals surface area contributed by atoms with Crippen molar-refractivity contribution in [2.75, 3.05) is 13.1 Å². The van der Waals surface area contributed by atoms with Gasteiger partial charge in [0.1, 0.15) is 0 Å². The molecule has 0 saturated carbocycles. The highest BCUT2D eigenvalue weighted by atomic mass is 16.2. The molecule has 0 spiro atoms. The molecular weight excluding hydrogens is 224 g/mol. The number of hydrogen-bond acceptors (Lipinski definition) is 2. The molecule has 3 nitrogen and oxygen atoms in total. The standard InChI is InChI=1S/C15H22N2O/c1-10-5-11(2)7-14(6-10)15(18)17-9-12(3)16-8-13(17)4/h5-7,12-13,16H,8-9H2,1-4H3. The molecule has 0 aromatic heterocycles. The van der Waals surface area contributed by atoms with E-state index in [1.165, 1.54) is 0 Å². The Labute approximate surface area is 109 Å². The molecule has 1 N–H and O–H groups in total. The summed E-state index contributed by atoms with van der Waals surface area (Å²) in [5, 5.41) is 3.40. The molecule has 1 heterocycles. The average Bonchev–Trinajstić information content (AvgIpc) is 2.30. The minimum atomic E-state index is 0.155. The first-order valence-corrected chi connectivity index (χ1v) is 6.60. The van der Waals surface area contributed by atoms with E-state index in [0.717, 1.165) is 29.8 Å². The molecule has 1 amide bonds. The van der Waals surface area contributed by atoms with Crippen molar-refractivity contribution < 1.29 is 4.79 Å². The number of carbonyl (C=O) groups excluding carboxylic acids is 1. The highest BCUT2D eigenvalue weighted by Crippen LogP contribution is 2.15. The van der Waals surface area contributed by atoms with Crippen LogP contribution in [0.5, 0.6) is 0 Å². The Morgan fingerprint density at radius 1 is 1.22 bits per heavy atom. The van der Waals surface area contributed by atoms with E-state index >= 15 is 0 Å². The summed E-state index contributed by atoms with van der Waals surface area (Å²) in [4.78, 5) is 14.5. The molecule has 0 aliphatic carbocycles. The smallest absolute Gasteiger partial charge is 0.254 e. The number of carbonyl (C=O) groups is 1. The molecule has 1 aromatic carbocycles. The van der Waals surface area contributed by atoms with Crippen molar-refractivity contribution in [3.63, 3.8) is 0 Å². The molecule has 1 fully saturated rings. The number of nitrogens with zero attached hydrogens (tertiary/aromatic N) is 1. The van der Waals surface area contributed by atoms with Gasteiger partial charge >= 0.3 is 0 Å². The maximum absolute atomic E-state index is 12.6. The van der Waals surface area contributed by atoms with Crippen LogP contribution in [0.3, 0.4) is 0 Å². The van der Waals surface area contributed by atoms with Crippen LogP contribution in [-0.4, -0.2) is 36.0 Å². The first-order valence-electron chi connectivity index (χ1n) is 6.60. The second-order valence-electron chi connectivity index (χ2n) is 5.49. The van der Waals surface area contributed by atoms with Crippen molar-refractivity contribution in [2.24, 2.45) is 0 Å². The molecule has 0 bridgehead atoms. The molecular formula is C15H22N2O. The predicted octanol–water partition coefficient (Wildman–Crippen LogP) is 2.13. The van der Waals surface area contributed by atoms with Gasteiger partial charge in [0, 0.05) is 30.7 Å². The summed E-state index contributed by atoms with van der Waals surface area (Å²) in [6, 6.07) is 6.69. The van der Waals surface area contributed by atoms with Crippen molar-refractivity contribution in [3.8, 4) is 0 Å². The Balaban J connectivity index is 2.24. The summed E-state index contributed by atoms with van der Waals surface area (Å²) in [6.45, 7) is 9.94. The zero-order chi connectivity index (χ0) is 13.3. The van der Waals surface area contributed by atoms with Gasteiger partial charge < -0.3 is 10.2 Å². The van der Waals surface area contributed by atoms with Gasteiger partial charge in [-0.3, -0.25) is 4.79 Å². The summed E-state index contributed by atoms with van der Waals surface area (Å²) in [6.07, 6.45) is 0. The summed E-state index contributed by atoms with van der Waals surface area (Å²) in [5.74, 6) is 0.155. The van der Waals surface area contributed by atoms with E-state index in [1.54, 1.807) is 0 Å². The number of piperazine rings is 1. The largest absolute Gasteiger partial charge is 0.333 e. The number of aryl methyl sites for hydroxylation is 2. The fourth-order valence-electron chi connectivity index (χ4n) is 2.57. The van der Waals surface area contributed by atoms with Gasteiger partial charge in [-0.15, -0.1) is 0 Å². The summed E-state index contributed by atoms with van der Waals surface area (Å²) < 4.78 is 0. The van der Waals surface area contributed by atoms with Gasteiger partial charge in [0.25, 0.3) is 5.91 Å². The van der Waals surface area contributed by atoms with E-state index in [0.29, 0.717) is 6.04 Å². The van der Waals surface area contributed by atoms with Gasteiger partial charge in [0.15, 0.2) is 0 Å². The molecule has 2 atom stereocenters. The van der Waals surface area contributed by atoms with Crippen LogP contribution in [0.4, 0.5) is 0 Å². The monoisotopic (exact) mass is 246 g/mol. The third-order valence-electron chi connectivity index (χ3n) is 3.49. The zero-order valence-electron chi connectivity index (χ0n) is 11.7.